The van der Waals surface area contributed by atoms with Gasteiger partial charge in [0.15, 0.2) is 0 Å². The maximum absolute atomic E-state index is 10.0. The van der Waals surface area contributed by atoms with E-state index in [2.05, 4.69) is 34.8 Å². The van der Waals surface area contributed by atoms with Crippen LogP contribution in [-0.2, 0) is 41.6 Å². The summed E-state index contributed by atoms with van der Waals surface area (Å²) in [6.07, 6.45) is 6.16. The van der Waals surface area contributed by atoms with Crippen molar-refractivity contribution in [1.82, 2.24) is 4.57 Å². The van der Waals surface area contributed by atoms with Crippen LogP contribution in [0.25, 0.3) is 0 Å². The summed E-state index contributed by atoms with van der Waals surface area (Å²) in [6, 6.07) is 0. The summed E-state index contributed by atoms with van der Waals surface area (Å²) in [6.45, 7) is 10.8. The van der Waals surface area contributed by atoms with Crippen molar-refractivity contribution in [3.05, 3.63) is 18.7 Å². The van der Waals surface area contributed by atoms with Crippen LogP contribution in [0.15, 0.2) is 18.7 Å². The van der Waals surface area contributed by atoms with Crippen LogP contribution in [0.1, 0.15) is 20.3 Å². The van der Waals surface area contributed by atoms with Gasteiger partial charge in [-0.05, 0) is 13.8 Å². The molecule has 0 atom stereocenters. The first-order chi connectivity index (χ1) is 13.6. The Morgan fingerprint density at radius 3 is 2.04 bits per heavy atom. The van der Waals surface area contributed by atoms with Crippen LogP contribution in [0.2, 0.25) is 0 Å². The van der Waals surface area contributed by atoms with E-state index in [0.717, 1.165) is 26.3 Å². The second-order valence-corrected chi connectivity index (χ2v) is 5.63. The van der Waals surface area contributed by atoms with E-state index in [0.29, 0.717) is 39.6 Å². The molecular weight excluding hydrogens is 368 g/mol. The highest BCUT2D eigenvalue weighted by Crippen LogP contribution is 1.84. The van der Waals surface area contributed by atoms with Crippen LogP contribution in [0.5, 0.6) is 0 Å². The van der Waals surface area contributed by atoms with Gasteiger partial charge >= 0.3 is 0 Å². The number of hydrogen-bond donors (Lipinski definition) is 0. The van der Waals surface area contributed by atoms with Gasteiger partial charge in [0, 0.05) is 26.1 Å². The van der Waals surface area contributed by atoms with Crippen molar-refractivity contribution in [1.29, 1.82) is 0 Å². The van der Waals surface area contributed by atoms with E-state index in [9.17, 15) is 9.90 Å². The number of aryl methyl sites for hydroxylation is 1. The Balaban J connectivity index is 0.000000540. The van der Waals surface area contributed by atoms with Gasteiger partial charge in [-0.1, -0.05) is 0 Å². The lowest BCUT2D eigenvalue weighted by Gasteiger charge is -2.06. The minimum Gasteiger partial charge on any atom is -0.550 e. The standard InChI is InChI=1S/C10H20O6.C9H17N2O/c1-13-4-5-15-8-9-16-7-6-14-3-2-10(11)12;1-3-10-5-6-11(9-10)7-8-12-4-2/h2-9H2,1H3,(H,11,12);5-6,9H,3-4,7-8H2,1-2H3/q;+1/p-1. The molecule has 0 bridgehead atoms. The third-order valence-corrected chi connectivity index (χ3v) is 3.44. The maximum atomic E-state index is 10.0. The molecule has 1 rings (SSSR count). The first kappa shape index (κ1) is 26.5. The van der Waals surface area contributed by atoms with Crippen molar-refractivity contribution in [2.75, 3.05) is 66.6 Å². The normalized spacial score (nSPS) is 10.5. The van der Waals surface area contributed by atoms with E-state index in [-0.39, 0.29) is 13.0 Å². The van der Waals surface area contributed by atoms with Gasteiger partial charge in [0.1, 0.15) is 18.9 Å². The number of carbonyl (C=O) groups is 1. The summed E-state index contributed by atoms with van der Waals surface area (Å²) >= 11 is 0. The minimum atomic E-state index is -1.10. The first-order valence-corrected chi connectivity index (χ1v) is 9.68. The fraction of sp³-hybridized carbons (Fsp3) is 0.789. The third-order valence-electron chi connectivity index (χ3n) is 3.44. The van der Waals surface area contributed by atoms with E-state index < -0.39 is 5.97 Å². The highest BCUT2D eigenvalue weighted by Gasteiger charge is 2.00. The van der Waals surface area contributed by atoms with Crippen molar-refractivity contribution in [3.63, 3.8) is 0 Å². The Hall–Kier alpha value is -1.52. The van der Waals surface area contributed by atoms with Gasteiger partial charge in [0.25, 0.3) is 0 Å². The molecule has 164 valence electrons. The summed E-state index contributed by atoms with van der Waals surface area (Å²) in [5.41, 5.74) is 0. The molecule has 0 fully saturated rings. The minimum absolute atomic E-state index is 0.0832. The van der Waals surface area contributed by atoms with Gasteiger partial charge in [0.2, 0.25) is 6.33 Å². The molecule has 1 heterocycles. The number of nitrogens with zero attached hydrogens (tertiary/aromatic N) is 2. The highest BCUT2D eigenvalue weighted by molar-refractivity contribution is 5.64. The van der Waals surface area contributed by atoms with Crippen LogP contribution in [0.3, 0.4) is 0 Å². The zero-order chi connectivity index (χ0) is 20.9. The van der Waals surface area contributed by atoms with Gasteiger partial charge in [-0.3, -0.25) is 0 Å². The number of carboxylic acid groups (broad SMARTS) is 1. The SMILES string of the molecule is CCOCC[n+]1ccn(CC)c1.COCCOCCOCCOCCC(=O)[O-]. The topological polar surface area (TPSA) is 95.1 Å². The van der Waals surface area contributed by atoms with Crippen molar-refractivity contribution in [2.24, 2.45) is 0 Å². The summed E-state index contributed by atoms with van der Waals surface area (Å²) in [4.78, 5) is 10.0. The fourth-order valence-corrected chi connectivity index (χ4v) is 1.91. The number of ether oxygens (including phenoxy) is 5. The molecule has 0 saturated heterocycles. The van der Waals surface area contributed by atoms with Crippen molar-refractivity contribution in [2.45, 2.75) is 33.4 Å². The van der Waals surface area contributed by atoms with Crippen molar-refractivity contribution in [3.8, 4) is 0 Å². The number of hydrogen-bond acceptors (Lipinski definition) is 7. The molecular formula is C19H36N2O7. The van der Waals surface area contributed by atoms with E-state index in [1.807, 2.05) is 6.92 Å². The Kier molecular flexibility index (Phi) is 19.1. The predicted molar refractivity (Wildman–Crippen MR) is 101 cm³/mol. The molecule has 0 radical (unpaired) electrons. The van der Waals surface area contributed by atoms with Gasteiger partial charge < -0.3 is 33.6 Å². The number of rotatable bonds is 17. The molecule has 9 nitrogen and oxygen atoms in total. The van der Waals surface area contributed by atoms with Crippen LogP contribution in [0.4, 0.5) is 0 Å². The van der Waals surface area contributed by atoms with E-state index in [4.69, 9.17) is 23.7 Å². The van der Waals surface area contributed by atoms with Gasteiger partial charge in [-0.2, -0.15) is 0 Å². The van der Waals surface area contributed by atoms with Crippen molar-refractivity contribution < 1.29 is 38.2 Å². The van der Waals surface area contributed by atoms with E-state index in [1.165, 1.54) is 0 Å². The van der Waals surface area contributed by atoms with Gasteiger partial charge in [0.05, 0.1) is 59.4 Å². The van der Waals surface area contributed by atoms with Crippen LogP contribution in [-0.4, -0.2) is 77.1 Å². The van der Waals surface area contributed by atoms with E-state index in [1.54, 1.807) is 7.11 Å². The number of methoxy groups -OCH3 is 1. The summed E-state index contributed by atoms with van der Waals surface area (Å²) < 4.78 is 29.6. The van der Waals surface area contributed by atoms with Crippen LogP contribution in [0, 0.1) is 0 Å². The number of aromatic nitrogens is 2. The first-order valence-electron chi connectivity index (χ1n) is 9.68. The molecule has 1 aromatic heterocycles. The number of aliphatic carboxylic acids is 1. The van der Waals surface area contributed by atoms with Crippen LogP contribution < -0.4 is 9.67 Å². The number of carboxylic acids is 1. The number of carbonyl (C=O) groups excluding carboxylic acids is 1. The lowest BCUT2D eigenvalue weighted by atomic mass is 10.5. The number of imidazole rings is 1. The molecule has 0 amide bonds. The summed E-state index contributed by atoms with van der Waals surface area (Å²) in [7, 11) is 1.61. The molecule has 28 heavy (non-hydrogen) atoms. The zero-order valence-corrected chi connectivity index (χ0v) is 17.5. The second-order valence-electron chi connectivity index (χ2n) is 5.63. The zero-order valence-electron chi connectivity index (χ0n) is 17.5. The largest absolute Gasteiger partial charge is 0.550 e. The average molecular weight is 405 g/mol. The molecule has 0 saturated carbocycles. The van der Waals surface area contributed by atoms with Crippen molar-refractivity contribution >= 4 is 5.97 Å². The molecule has 0 spiro atoms. The third kappa shape index (κ3) is 17.9. The lowest BCUT2D eigenvalue weighted by molar-refractivity contribution is -0.698. The Morgan fingerprint density at radius 2 is 1.54 bits per heavy atom. The molecule has 9 heteroatoms. The molecule has 0 aliphatic heterocycles. The Morgan fingerprint density at radius 1 is 0.929 bits per heavy atom. The Bertz CT molecular complexity index is 469. The fourth-order valence-electron chi connectivity index (χ4n) is 1.91. The van der Waals surface area contributed by atoms with Gasteiger partial charge in [-0.15, -0.1) is 0 Å². The maximum Gasteiger partial charge on any atom is 0.243 e. The molecule has 0 N–H and O–H groups in total. The molecule has 0 unspecified atom stereocenters. The monoisotopic (exact) mass is 404 g/mol. The molecule has 1 aromatic rings. The molecule has 0 aliphatic rings. The average Bonchev–Trinajstić information content (AvgIpc) is 3.15. The Labute approximate surface area is 168 Å². The molecule has 0 aromatic carbocycles. The van der Waals surface area contributed by atoms with E-state index >= 15 is 0 Å². The summed E-state index contributed by atoms with van der Waals surface area (Å²) in [5, 5.41) is 10.0. The second kappa shape index (κ2) is 20.2. The van der Waals surface area contributed by atoms with Gasteiger partial charge in [-0.25, -0.2) is 9.13 Å². The van der Waals surface area contributed by atoms with Crippen LogP contribution >= 0.6 is 0 Å². The predicted octanol–water partition coefficient (Wildman–Crippen LogP) is -0.345. The smallest absolute Gasteiger partial charge is 0.243 e. The quantitative estimate of drug-likeness (QED) is 0.259. The summed E-state index contributed by atoms with van der Waals surface area (Å²) in [5.74, 6) is -1.10. The highest BCUT2D eigenvalue weighted by atomic mass is 16.6. The molecule has 0 aliphatic carbocycles. The lowest BCUT2D eigenvalue weighted by Crippen LogP contribution is -2.33.